The topological polar surface area (TPSA) is 155 Å². The van der Waals surface area contributed by atoms with Crippen LogP contribution in [-0.4, -0.2) is 85.1 Å². The number of hydrogen-bond acceptors (Lipinski definition) is 7. The summed E-state index contributed by atoms with van der Waals surface area (Å²) >= 11 is 12.2. The molecule has 0 unspecified atom stereocenters. The molecule has 0 aromatic heterocycles. The summed E-state index contributed by atoms with van der Waals surface area (Å²) in [5.41, 5.74) is 15.1. The van der Waals surface area contributed by atoms with Gasteiger partial charge in [0.2, 0.25) is 17.7 Å². The van der Waals surface area contributed by atoms with Gasteiger partial charge in [-0.2, -0.15) is 0 Å². The van der Waals surface area contributed by atoms with Crippen LogP contribution >= 0.6 is 23.2 Å². The Bertz CT molecular complexity index is 1650. The first-order chi connectivity index (χ1) is 26.8. The maximum absolute atomic E-state index is 14.1. The van der Waals surface area contributed by atoms with Gasteiger partial charge in [0.1, 0.15) is 6.04 Å². The number of hydrogen-bond donors (Lipinski definition) is 6. The number of carbonyl (C=O) groups is 3. The molecule has 10 nitrogen and oxygen atoms in total. The number of nitrogens with two attached hydrogens (primary N) is 2. The number of unbranched alkanes of at least 4 members (excludes halogenated alkanes) is 1. The fourth-order valence-corrected chi connectivity index (χ4v) is 7.59. The molecule has 3 amide bonds. The Hall–Kier alpha value is -3.51. The van der Waals surface area contributed by atoms with Crippen LogP contribution in [-0.2, 0) is 33.6 Å². The number of piperidine rings is 1. The third-order valence-corrected chi connectivity index (χ3v) is 11.2. The minimum Gasteiger partial charge on any atom is -0.351 e. The lowest BCUT2D eigenvalue weighted by molar-refractivity contribution is -0.139. The van der Waals surface area contributed by atoms with Crippen molar-refractivity contribution in [2.24, 2.45) is 17.4 Å². The van der Waals surface area contributed by atoms with Crippen LogP contribution in [0.2, 0.25) is 10.0 Å². The van der Waals surface area contributed by atoms with E-state index in [4.69, 9.17) is 34.7 Å². The molecule has 1 aliphatic rings. The maximum atomic E-state index is 14.1. The van der Waals surface area contributed by atoms with Crippen LogP contribution in [0.3, 0.4) is 0 Å². The van der Waals surface area contributed by atoms with Gasteiger partial charge in [-0.1, -0.05) is 104 Å². The van der Waals surface area contributed by atoms with Gasteiger partial charge in [-0.25, -0.2) is 0 Å². The quantitative estimate of drug-likeness (QED) is 0.0742. The van der Waals surface area contributed by atoms with Crippen LogP contribution in [0.15, 0.2) is 78.9 Å². The van der Waals surface area contributed by atoms with Gasteiger partial charge >= 0.3 is 0 Å². The van der Waals surface area contributed by atoms with Crippen molar-refractivity contribution < 1.29 is 14.4 Å². The fourth-order valence-electron chi connectivity index (χ4n) is 7.27. The summed E-state index contributed by atoms with van der Waals surface area (Å²) in [6, 6.07) is 24.5. The predicted octanol–water partition coefficient (Wildman–Crippen LogP) is 5.42. The molecule has 0 bridgehead atoms. The molecule has 3 aromatic rings. The molecule has 4 rings (SSSR count). The first-order valence-corrected chi connectivity index (χ1v) is 20.9. The molecule has 1 heterocycles. The highest BCUT2D eigenvalue weighted by atomic mass is 35.5. The third-order valence-electron chi connectivity index (χ3n) is 10.5. The largest absolute Gasteiger partial charge is 0.351 e. The first-order valence-electron chi connectivity index (χ1n) is 20.2. The lowest BCUT2D eigenvalue weighted by Gasteiger charge is -2.41. The molecule has 3 aromatic carbocycles. The molecule has 1 saturated heterocycles. The van der Waals surface area contributed by atoms with E-state index in [1.54, 1.807) is 18.2 Å². The van der Waals surface area contributed by atoms with E-state index in [1.165, 1.54) is 11.1 Å². The van der Waals surface area contributed by atoms with Crippen LogP contribution in [0.1, 0.15) is 76.0 Å². The zero-order chi connectivity index (χ0) is 40.5. The van der Waals surface area contributed by atoms with Crippen molar-refractivity contribution in [2.75, 3.05) is 32.7 Å². The molecule has 306 valence electrons. The van der Waals surface area contributed by atoms with Gasteiger partial charge in [0.05, 0.1) is 22.5 Å². The number of carbonyl (C=O) groups excluding carboxylic acids is 3. The predicted molar refractivity (Wildman–Crippen MR) is 229 cm³/mol. The summed E-state index contributed by atoms with van der Waals surface area (Å²) in [7, 11) is 0. The highest BCUT2D eigenvalue weighted by Gasteiger charge is 2.36. The minimum absolute atomic E-state index is 0.0239. The lowest BCUT2D eigenvalue weighted by Crippen LogP contribution is -2.59. The molecular formula is C44H63Cl2N7O3. The Kier molecular flexibility index (Phi) is 18.6. The molecule has 0 radical (unpaired) electrons. The van der Waals surface area contributed by atoms with Crippen molar-refractivity contribution in [3.8, 4) is 0 Å². The second-order valence-electron chi connectivity index (χ2n) is 16.0. The second-order valence-corrected chi connectivity index (χ2v) is 16.9. The van der Waals surface area contributed by atoms with Crippen molar-refractivity contribution >= 4 is 40.9 Å². The van der Waals surface area contributed by atoms with E-state index in [0.717, 1.165) is 31.2 Å². The Morgan fingerprint density at radius 1 is 0.804 bits per heavy atom. The van der Waals surface area contributed by atoms with E-state index < -0.39 is 17.6 Å². The van der Waals surface area contributed by atoms with Crippen LogP contribution < -0.4 is 32.7 Å². The smallest absolute Gasteiger partial charge is 0.245 e. The highest BCUT2D eigenvalue weighted by Crippen LogP contribution is 2.25. The number of nitrogens with one attached hydrogen (secondary N) is 4. The number of amides is 3. The Morgan fingerprint density at radius 2 is 1.45 bits per heavy atom. The molecule has 8 N–H and O–H groups in total. The van der Waals surface area contributed by atoms with E-state index in [-0.39, 0.29) is 42.1 Å². The third kappa shape index (κ3) is 15.4. The van der Waals surface area contributed by atoms with Crippen molar-refractivity contribution in [3.05, 3.63) is 106 Å². The average molecular weight is 809 g/mol. The number of benzene rings is 3. The van der Waals surface area contributed by atoms with Gasteiger partial charge < -0.3 is 37.6 Å². The fraction of sp³-hybridized carbons (Fsp3) is 0.523. The number of likely N-dealkylation sites (tertiary alicyclic amines) is 1. The number of halogens is 2. The SMILES string of the molecule is CC(C)C[C@@H](NC[C@@H](Cc1ccccc1)NC[C@H](N)Cc1ccccc1)C(=O)N[C@H](CCCCN)C(=O)N1CCC(C)(NC(=O)Cc2ccc(Cl)c(Cl)c2)CC1. The molecule has 0 spiro atoms. The Labute approximate surface area is 344 Å². The molecular weight excluding hydrogens is 745 g/mol. The summed E-state index contributed by atoms with van der Waals surface area (Å²) in [6.45, 7) is 8.84. The van der Waals surface area contributed by atoms with Gasteiger partial charge in [-0.3, -0.25) is 14.4 Å². The van der Waals surface area contributed by atoms with Crippen LogP contribution in [0.4, 0.5) is 0 Å². The first kappa shape index (κ1) is 45.2. The average Bonchev–Trinajstić information content (AvgIpc) is 3.17. The lowest BCUT2D eigenvalue weighted by atomic mass is 9.88. The summed E-state index contributed by atoms with van der Waals surface area (Å²) in [4.78, 5) is 43.0. The van der Waals surface area contributed by atoms with E-state index in [9.17, 15) is 14.4 Å². The standard InChI is InChI=1S/C44H63Cl2N7O3/c1-31(2)24-40(50-30-36(26-33-14-8-5-9-15-33)49-29-35(48)25-32-12-6-4-7-13-32)42(55)51-39(16-10-11-21-47)43(56)53-22-19-44(3,20-23-53)52-41(54)28-34-17-18-37(45)38(46)27-34/h4-9,12-15,17-18,27,31,35-36,39-40,49-50H,10-11,16,19-26,28-30,47-48H2,1-3H3,(H,51,55)(H,52,54)/t35-,36-,39-,40-/m1/s1. The summed E-state index contributed by atoms with van der Waals surface area (Å²) in [5.74, 6) is -0.145. The number of rotatable bonds is 22. The van der Waals surface area contributed by atoms with Crippen molar-refractivity contribution in [2.45, 2.75) is 108 Å². The monoisotopic (exact) mass is 807 g/mol. The van der Waals surface area contributed by atoms with Crippen LogP contribution in [0, 0.1) is 5.92 Å². The normalized spacial score (nSPS) is 16.2. The van der Waals surface area contributed by atoms with Crippen LogP contribution in [0.5, 0.6) is 0 Å². The summed E-state index contributed by atoms with van der Waals surface area (Å²) < 4.78 is 0. The summed E-state index contributed by atoms with van der Waals surface area (Å²) in [6.07, 6.45) is 5.50. The molecule has 1 aliphatic heterocycles. The van der Waals surface area contributed by atoms with Gasteiger partial charge in [0.25, 0.3) is 0 Å². The number of nitrogens with zero attached hydrogens (tertiary/aromatic N) is 1. The second kappa shape index (κ2) is 23.0. The van der Waals surface area contributed by atoms with E-state index in [0.29, 0.717) is 68.5 Å². The van der Waals surface area contributed by atoms with Gasteiger partial charge in [-0.05, 0) is 99.6 Å². The van der Waals surface area contributed by atoms with Gasteiger partial charge in [-0.15, -0.1) is 0 Å². The molecule has 56 heavy (non-hydrogen) atoms. The van der Waals surface area contributed by atoms with E-state index in [1.807, 2.05) is 48.2 Å². The molecule has 0 aliphatic carbocycles. The van der Waals surface area contributed by atoms with E-state index >= 15 is 0 Å². The van der Waals surface area contributed by atoms with E-state index in [2.05, 4.69) is 59.4 Å². The molecule has 1 fully saturated rings. The maximum Gasteiger partial charge on any atom is 0.245 e. The Morgan fingerprint density at radius 3 is 2.05 bits per heavy atom. The highest BCUT2D eigenvalue weighted by molar-refractivity contribution is 6.42. The molecule has 4 atom stereocenters. The van der Waals surface area contributed by atoms with Crippen molar-refractivity contribution in [1.29, 1.82) is 0 Å². The zero-order valence-corrected chi connectivity index (χ0v) is 34.9. The van der Waals surface area contributed by atoms with Crippen molar-refractivity contribution in [1.82, 2.24) is 26.2 Å². The van der Waals surface area contributed by atoms with Crippen molar-refractivity contribution in [3.63, 3.8) is 0 Å². The summed E-state index contributed by atoms with van der Waals surface area (Å²) in [5, 5.41) is 14.4. The van der Waals surface area contributed by atoms with Gasteiger partial charge in [0, 0.05) is 43.8 Å². The molecule has 0 saturated carbocycles. The minimum atomic E-state index is -0.673. The Balaban J connectivity index is 1.37. The zero-order valence-electron chi connectivity index (χ0n) is 33.4. The van der Waals surface area contributed by atoms with Gasteiger partial charge in [0.15, 0.2) is 0 Å². The molecule has 12 heteroatoms. The van der Waals surface area contributed by atoms with Crippen LogP contribution in [0.25, 0.3) is 0 Å².